The van der Waals surface area contributed by atoms with Crippen LogP contribution >= 0.6 is 22.9 Å². The average Bonchev–Trinajstić information content (AvgIpc) is 2.94. The van der Waals surface area contributed by atoms with Crippen molar-refractivity contribution in [1.82, 2.24) is 9.97 Å². The van der Waals surface area contributed by atoms with E-state index in [1.54, 1.807) is 12.4 Å². The van der Waals surface area contributed by atoms with Gasteiger partial charge in [0.15, 0.2) is 5.15 Å². The highest BCUT2D eigenvalue weighted by Gasteiger charge is 2.28. The first kappa shape index (κ1) is 18.2. The number of ether oxygens (including phenoxy) is 1. The highest BCUT2D eigenvalue weighted by molar-refractivity contribution is 7.19. The molecule has 0 aliphatic carbocycles. The van der Waals surface area contributed by atoms with Crippen LogP contribution in [0.15, 0.2) is 24.5 Å². The first-order chi connectivity index (χ1) is 11.4. The number of aromatic nitrogens is 2. The van der Waals surface area contributed by atoms with E-state index in [0.717, 1.165) is 5.56 Å². The van der Waals surface area contributed by atoms with Crippen molar-refractivity contribution in [3.05, 3.63) is 29.7 Å². The molecule has 2 heterocycles. The zero-order chi connectivity index (χ0) is 17.7. The van der Waals surface area contributed by atoms with E-state index < -0.39 is 11.7 Å². The number of pyridine rings is 1. The SMILES string of the molecule is C#CCN(C(=O)OC(C)(C)CC)c1sc(-c2cccnc2)nc1Cl. The summed E-state index contributed by atoms with van der Waals surface area (Å²) in [6.07, 6.45) is 8.90. The van der Waals surface area contributed by atoms with Gasteiger partial charge in [-0.1, -0.05) is 35.8 Å². The number of rotatable bonds is 5. The molecule has 2 rings (SSSR count). The van der Waals surface area contributed by atoms with Crippen molar-refractivity contribution in [2.45, 2.75) is 32.8 Å². The zero-order valence-electron chi connectivity index (χ0n) is 13.7. The summed E-state index contributed by atoms with van der Waals surface area (Å²) in [6, 6.07) is 3.68. The van der Waals surface area contributed by atoms with Gasteiger partial charge < -0.3 is 4.74 Å². The number of hydrogen-bond donors (Lipinski definition) is 0. The number of nitrogens with zero attached hydrogens (tertiary/aromatic N) is 3. The maximum absolute atomic E-state index is 12.5. The predicted molar refractivity (Wildman–Crippen MR) is 97.4 cm³/mol. The number of anilines is 1. The van der Waals surface area contributed by atoms with Gasteiger partial charge in [-0.25, -0.2) is 9.78 Å². The second-order valence-electron chi connectivity index (χ2n) is 5.63. The molecule has 0 atom stereocenters. The summed E-state index contributed by atoms with van der Waals surface area (Å²) in [7, 11) is 0. The molecule has 0 bridgehead atoms. The Morgan fingerprint density at radius 3 is 2.88 bits per heavy atom. The molecule has 126 valence electrons. The van der Waals surface area contributed by atoms with Crippen LogP contribution in [-0.2, 0) is 4.74 Å². The third kappa shape index (κ3) is 4.25. The predicted octanol–water partition coefficient (Wildman–Crippen LogP) is 4.62. The lowest BCUT2D eigenvalue weighted by molar-refractivity contribution is 0.0416. The summed E-state index contributed by atoms with van der Waals surface area (Å²) in [4.78, 5) is 22.2. The summed E-state index contributed by atoms with van der Waals surface area (Å²) in [5.41, 5.74) is 0.228. The standard InChI is InChI=1S/C17H18ClN3O2S/c1-5-10-21(16(22)23-17(3,4)6-2)15-13(18)20-14(24-15)12-8-7-9-19-11-12/h1,7-9,11H,6,10H2,2-4H3. The van der Waals surface area contributed by atoms with Gasteiger partial charge >= 0.3 is 6.09 Å². The molecule has 24 heavy (non-hydrogen) atoms. The molecule has 0 aliphatic heterocycles. The van der Waals surface area contributed by atoms with Crippen molar-refractivity contribution in [3.8, 4) is 22.9 Å². The fourth-order valence-electron chi connectivity index (χ4n) is 1.75. The van der Waals surface area contributed by atoms with Crippen LogP contribution in [-0.4, -0.2) is 28.2 Å². The largest absolute Gasteiger partial charge is 0.443 e. The van der Waals surface area contributed by atoms with E-state index in [9.17, 15) is 4.79 Å². The number of thiazole rings is 1. The molecule has 0 saturated heterocycles. The number of amides is 1. The second-order valence-corrected chi connectivity index (χ2v) is 6.96. The Balaban J connectivity index is 2.33. The highest BCUT2D eigenvalue weighted by Crippen LogP contribution is 2.38. The molecule has 0 aromatic carbocycles. The van der Waals surface area contributed by atoms with Crippen molar-refractivity contribution in [2.24, 2.45) is 0 Å². The molecule has 2 aromatic rings. The summed E-state index contributed by atoms with van der Waals surface area (Å²) in [6.45, 7) is 5.68. The summed E-state index contributed by atoms with van der Waals surface area (Å²) in [5.74, 6) is 2.46. The normalized spacial score (nSPS) is 11.0. The van der Waals surface area contributed by atoms with Gasteiger partial charge in [0, 0.05) is 18.0 Å². The molecule has 2 aromatic heterocycles. The van der Waals surface area contributed by atoms with E-state index in [-0.39, 0.29) is 11.7 Å². The minimum atomic E-state index is -0.590. The maximum Gasteiger partial charge on any atom is 0.416 e. The number of terminal acetylenes is 1. The van der Waals surface area contributed by atoms with Crippen LogP contribution in [0.5, 0.6) is 0 Å². The monoisotopic (exact) mass is 363 g/mol. The van der Waals surface area contributed by atoms with Gasteiger partial charge in [-0.05, 0) is 32.4 Å². The molecule has 0 spiro atoms. The molecule has 0 aliphatic rings. The second kappa shape index (κ2) is 7.65. The maximum atomic E-state index is 12.5. The van der Waals surface area contributed by atoms with Gasteiger partial charge in [0.2, 0.25) is 0 Å². The van der Waals surface area contributed by atoms with E-state index >= 15 is 0 Å². The Morgan fingerprint density at radius 2 is 2.29 bits per heavy atom. The lowest BCUT2D eigenvalue weighted by Crippen LogP contribution is -2.38. The average molecular weight is 364 g/mol. The summed E-state index contributed by atoms with van der Waals surface area (Å²) in [5, 5.41) is 1.33. The molecule has 0 fully saturated rings. The zero-order valence-corrected chi connectivity index (χ0v) is 15.3. The fraction of sp³-hybridized carbons (Fsp3) is 0.353. The van der Waals surface area contributed by atoms with E-state index in [1.165, 1.54) is 16.2 Å². The van der Waals surface area contributed by atoms with E-state index in [0.29, 0.717) is 16.4 Å². The Hall–Kier alpha value is -2.10. The van der Waals surface area contributed by atoms with Gasteiger partial charge in [-0.2, -0.15) is 0 Å². The number of carbonyl (C=O) groups excluding carboxylic acids is 1. The molecule has 7 heteroatoms. The van der Waals surface area contributed by atoms with Crippen molar-refractivity contribution in [1.29, 1.82) is 0 Å². The van der Waals surface area contributed by atoms with Gasteiger partial charge in [-0.3, -0.25) is 9.88 Å². The first-order valence-corrected chi connectivity index (χ1v) is 8.58. The van der Waals surface area contributed by atoms with Gasteiger partial charge in [0.05, 0.1) is 6.54 Å². The first-order valence-electron chi connectivity index (χ1n) is 7.38. The van der Waals surface area contributed by atoms with Crippen LogP contribution in [0.3, 0.4) is 0 Å². The molecule has 0 saturated carbocycles. The third-order valence-corrected chi connectivity index (χ3v) is 4.91. The molecule has 0 radical (unpaired) electrons. The van der Waals surface area contributed by atoms with Crippen molar-refractivity contribution >= 4 is 34.0 Å². The highest BCUT2D eigenvalue weighted by atomic mass is 35.5. The molecule has 0 N–H and O–H groups in total. The molecule has 1 amide bonds. The lowest BCUT2D eigenvalue weighted by Gasteiger charge is -2.27. The van der Waals surface area contributed by atoms with Crippen molar-refractivity contribution in [2.75, 3.05) is 11.4 Å². The quantitative estimate of drug-likeness (QED) is 0.727. The van der Waals surface area contributed by atoms with Gasteiger partial charge in [0.25, 0.3) is 0 Å². The fourth-order valence-corrected chi connectivity index (χ4v) is 3.04. The molecular weight excluding hydrogens is 346 g/mol. The Bertz CT molecular complexity index is 753. The topological polar surface area (TPSA) is 55.3 Å². The molecular formula is C17H18ClN3O2S. The van der Waals surface area contributed by atoms with Gasteiger partial charge in [-0.15, -0.1) is 6.42 Å². The van der Waals surface area contributed by atoms with Crippen LogP contribution in [0.2, 0.25) is 5.15 Å². The summed E-state index contributed by atoms with van der Waals surface area (Å²) < 4.78 is 5.53. The van der Waals surface area contributed by atoms with Crippen LogP contribution in [0.25, 0.3) is 10.6 Å². The third-order valence-electron chi connectivity index (χ3n) is 3.41. The smallest absolute Gasteiger partial charge is 0.416 e. The van der Waals surface area contributed by atoms with Gasteiger partial charge in [0.1, 0.15) is 15.6 Å². The van der Waals surface area contributed by atoms with Crippen molar-refractivity contribution in [3.63, 3.8) is 0 Å². The van der Waals surface area contributed by atoms with Crippen LogP contribution < -0.4 is 4.90 Å². The number of carbonyl (C=O) groups is 1. The van der Waals surface area contributed by atoms with Crippen LogP contribution in [0.4, 0.5) is 9.80 Å². The van der Waals surface area contributed by atoms with E-state index in [2.05, 4.69) is 15.9 Å². The molecule has 0 unspecified atom stereocenters. The Labute approximate surface area is 150 Å². The molecule has 5 nitrogen and oxygen atoms in total. The van der Waals surface area contributed by atoms with E-state index in [1.807, 2.05) is 32.9 Å². The lowest BCUT2D eigenvalue weighted by atomic mass is 10.1. The van der Waals surface area contributed by atoms with E-state index in [4.69, 9.17) is 22.8 Å². The Morgan fingerprint density at radius 1 is 1.54 bits per heavy atom. The van der Waals surface area contributed by atoms with Crippen LogP contribution in [0, 0.1) is 12.3 Å². The Kier molecular flexibility index (Phi) is 5.81. The number of hydrogen-bond acceptors (Lipinski definition) is 5. The summed E-state index contributed by atoms with van der Waals surface area (Å²) >= 11 is 7.50. The van der Waals surface area contributed by atoms with Crippen LogP contribution in [0.1, 0.15) is 27.2 Å². The minimum absolute atomic E-state index is 0.0486. The minimum Gasteiger partial charge on any atom is -0.443 e. The number of halogens is 1. The van der Waals surface area contributed by atoms with Crippen molar-refractivity contribution < 1.29 is 9.53 Å².